The van der Waals surface area contributed by atoms with E-state index in [1.54, 1.807) is 31.2 Å². The summed E-state index contributed by atoms with van der Waals surface area (Å²) < 4.78 is 26.6. The van der Waals surface area contributed by atoms with Crippen LogP contribution in [0.15, 0.2) is 24.3 Å². The van der Waals surface area contributed by atoms with Gasteiger partial charge in [-0.3, -0.25) is 4.72 Å². The standard InChI is InChI=1S/C12H19ClN2O2S/c1-3-7-14-9-10(2)18(16,17)15-12-6-4-5-11(13)8-12/h4-6,8,10,14-15H,3,7,9H2,1-2H3. The highest BCUT2D eigenvalue weighted by molar-refractivity contribution is 7.93. The van der Waals surface area contributed by atoms with Crippen LogP contribution in [0, 0.1) is 0 Å². The van der Waals surface area contributed by atoms with Crippen molar-refractivity contribution in [3.8, 4) is 0 Å². The van der Waals surface area contributed by atoms with Gasteiger partial charge >= 0.3 is 0 Å². The average molecular weight is 291 g/mol. The maximum absolute atomic E-state index is 12.0. The molecule has 0 spiro atoms. The zero-order valence-corrected chi connectivity index (χ0v) is 12.2. The fourth-order valence-electron chi connectivity index (χ4n) is 1.41. The fourth-order valence-corrected chi connectivity index (χ4v) is 2.59. The molecule has 1 unspecified atom stereocenters. The number of benzene rings is 1. The summed E-state index contributed by atoms with van der Waals surface area (Å²) in [6.45, 7) is 4.96. The molecule has 2 N–H and O–H groups in total. The molecule has 0 heterocycles. The van der Waals surface area contributed by atoms with E-state index in [0.717, 1.165) is 13.0 Å². The van der Waals surface area contributed by atoms with E-state index in [-0.39, 0.29) is 0 Å². The lowest BCUT2D eigenvalue weighted by Crippen LogP contribution is -2.35. The molecule has 0 aliphatic heterocycles. The summed E-state index contributed by atoms with van der Waals surface area (Å²) in [7, 11) is -3.38. The Morgan fingerprint density at radius 3 is 2.72 bits per heavy atom. The van der Waals surface area contributed by atoms with Gasteiger partial charge in [-0.25, -0.2) is 8.42 Å². The van der Waals surface area contributed by atoms with Gasteiger partial charge in [0.05, 0.1) is 5.25 Å². The molecule has 0 bridgehead atoms. The lowest BCUT2D eigenvalue weighted by Gasteiger charge is -2.15. The Bertz CT molecular complexity index is 477. The molecule has 0 fully saturated rings. The lowest BCUT2D eigenvalue weighted by atomic mass is 10.3. The van der Waals surface area contributed by atoms with Gasteiger partial charge in [0.1, 0.15) is 0 Å². The van der Waals surface area contributed by atoms with Crippen molar-refractivity contribution in [3.05, 3.63) is 29.3 Å². The van der Waals surface area contributed by atoms with Crippen LogP contribution in [0.1, 0.15) is 20.3 Å². The van der Waals surface area contributed by atoms with E-state index in [0.29, 0.717) is 17.3 Å². The number of sulfonamides is 1. The monoisotopic (exact) mass is 290 g/mol. The molecule has 0 amide bonds. The first-order valence-electron chi connectivity index (χ1n) is 5.93. The van der Waals surface area contributed by atoms with E-state index in [4.69, 9.17) is 11.6 Å². The van der Waals surface area contributed by atoms with Crippen molar-refractivity contribution in [2.45, 2.75) is 25.5 Å². The molecule has 0 radical (unpaired) electrons. The Morgan fingerprint density at radius 1 is 1.39 bits per heavy atom. The Morgan fingerprint density at radius 2 is 2.11 bits per heavy atom. The second kappa shape index (κ2) is 6.97. The molecule has 102 valence electrons. The molecular formula is C12H19ClN2O2S. The Hall–Kier alpha value is -0.780. The van der Waals surface area contributed by atoms with E-state index in [1.165, 1.54) is 0 Å². The Kier molecular flexibility index (Phi) is 5.91. The van der Waals surface area contributed by atoms with Gasteiger partial charge in [-0.05, 0) is 38.1 Å². The normalized spacial score (nSPS) is 13.3. The summed E-state index contributed by atoms with van der Waals surface area (Å²) in [4.78, 5) is 0. The van der Waals surface area contributed by atoms with Crippen molar-refractivity contribution in [3.63, 3.8) is 0 Å². The highest BCUT2D eigenvalue weighted by Gasteiger charge is 2.20. The number of rotatable bonds is 7. The van der Waals surface area contributed by atoms with E-state index in [2.05, 4.69) is 10.0 Å². The van der Waals surface area contributed by atoms with Crippen LogP contribution in [-0.2, 0) is 10.0 Å². The van der Waals surface area contributed by atoms with Crippen LogP contribution < -0.4 is 10.0 Å². The average Bonchev–Trinajstić information content (AvgIpc) is 2.28. The van der Waals surface area contributed by atoms with Crippen molar-refractivity contribution in [2.24, 2.45) is 0 Å². The lowest BCUT2D eigenvalue weighted by molar-refractivity contribution is 0.576. The van der Waals surface area contributed by atoms with Gasteiger partial charge in [0.25, 0.3) is 0 Å². The minimum absolute atomic E-state index is 0.434. The van der Waals surface area contributed by atoms with Gasteiger partial charge in [-0.2, -0.15) is 0 Å². The van der Waals surface area contributed by atoms with Gasteiger partial charge in [0.2, 0.25) is 10.0 Å². The minimum Gasteiger partial charge on any atom is -0.315 e. The third kappa shape index (κ3) is 4.84. The van der Waals surface area contributed by atoms with Gasteiger partial charge < -0.3 is 5.32 Å². The SMILES string of the molecule is CCCNCC(C)S(=O)(=O)Nc1cccc(Cl)c1. The zero-order valence-electron chi connectivity index (χ0n) is 10.6. The second-order valence-electron chi connectivity index (χ2n) is 4.17. The van der Waals surface area contributed by atoms with Crippen molar-refractivity contribution in [1.29, 1.82) is 0 Å². The molecule has 1 aromatic rings. The predicted molar refractivity (Wildman–Crippen MR) is 76.6 cm³/mol. The summed E-state index contributed by atoms with van der Waals surface area (Å²) in [5.41, 5.74) is 0.491. The number of nitrogens with one attached hydrogen (secondary N) is 2. The maximum atomic E-state index is 12.0. The third-order valence-corrected chi connectivity index (χ3v) is 4.45. The van der Waals surface area contributed by atoms with E-state index >= 15 is 0 Å². The minimum atomic E-state index is -3.38. The molecular weight excluding hydrogens is 272 g/mol. The second-order valence-corrected chi connectivity index (χ2v) is 6.71. The number of halogens is 1. The Labute approximate surface area is 114 Å². The van der Waals surface area contributed by atoms with E-state index in [1.807, 2.05) is 6.92 Å². The molecule has 0 aliphatic rings. The van der Waals surface area contributed by atoms with Crippen LogP contribution >= 0.6 is 11.6 Å². The summed E-state index contributed by atoms with van der Waals surface area (Å²) in [5.74, 6) is 0. The van der Waals surface area contributed by atoms with Crippen molar-refractivity contribution < 1.29 is 8.42 Å². The topological polar surface area (TPSA) is 58.2 Å². The first-order valence-corrected chi connectivity index (χ1v) is 7.86. The van der Waals surface area contributed by atoms with Gasteiger partial charge in [-0.15, -0.1) is 0 Å². The molecule has 4 nitrogen and oxygen atoms in total. The van der Waals surface area contributed by atoms with Gasteiger partial charge in [0, 0.05) is 17.3 Å². The van der Waals surface area contributed by atoms with Crippen molar-refractivity contribution in [2.75, 3.05) is 17.8 Å². The quantitative estimate of drug-likeness (QED) is 0.759. The summed E-state index contributed by atoms with van der Waals surface area (Å²) in [6.07, 6.45) is 0.981. The number of hydrogen-bond donors (Lipinski definition) is 2. The van der Waals surface area contributed by atoms with Crippen LogP contribution in [0.2, 0.25) is 5.02 Å². The van der Waals surface area contributed by atoms with Crippen LogP contribution in [0.3, 0.4) is 0 Å². The highest BCUT2D eigenvalue weighted by atomic mass is 35.5. The molecule has 0 aromatic heterocycles. The summed E-state index contributed by atoms with van der Waals surface area (Å²) in [6, 6.07) is 6.67. The molecule has 1 aromatic carbocycles. The molecule has 0 saturated carbocycles. The third-order valence-electron chi connectivity index (χ3n) is 2.47. The molecule has 1 atom stereocenters. The molecule has 18 heavy (non-hydrogen) atoms. The molecule has 6 heteroatoms. The van der Waals surface area contributed by atoms with Crippen molar-refractivity contribution in [1.82, 2.24) is 5.32 Å². The van der Waals surface area contributed by atoms with Crippen LogP contribution in [-0.4, -0.2) is 26.8 Å². The number of anilines is 1. The van der Waals surface area contributed by atoms with E-state index in [9.17, 15) is 8.42 Å². The number of hydrogen-bond acceptors (Lipinski definition) is 3. The fraction of sp³-hybridized carbons (Fsp3) is 0.500. The van der Waals surface area contributed by atoms with Gasteiger partial charge in [0.15, 0.2) is 0 Å². The Balaban J connectivity index is 2.64. The van der Waals surface area contributed by atoms with Crippen molar-refractivity contribution >= 4 is 27.3 Å². The van der Waals surface area contributed by atoms with E-state index < -0.39 is 15.3 Å². The maximum Gasteiger partial charge on any atom is 0.236 e. The van der Waals surface area contributed by atoms with Crippen LogP contribution in [0.4, 0.5) is 5.69 Å². The first kappa shape index (κ1) is 15.3. The van der Waals surface area contributed by atoms with Crippen LogP contribution in [0.5, 0.6) is 0 Å². The largest absolute Gasteiger partial charge is 0.315 e. The molecule has 0 saturated heterocycles. The van der Waals surface area contributed by atoms with Gasteiger partial charge in [-0.1, -0.05) is 24.6 Å². The highest BCUT2D eigenvalue weighted by Crippen LogP contribution is 2.17. The molecule has 0 aliphatic carbocycles. The summed E-state index contributed by atoms with van der Waals surface area (Å²) >= 11 is 5.81. The zero-order chi connectivity index (χ0) is 13.6. The molecule has 1 rings (SSSR count). The first-order chi connectivity index (χ1) is 8.45. The predicted octanol–water partition coefficient (Wildman–Crippen LogP) is 2.47. The smallest absolute Gasteiger partial charge is 0.236 e. The summed E-state index contributed by atoms with van der Waals surface area (Å²) in [5, 5.41) is 3.10. The van der Waals surface area contributed by atoms with Crippen LogP contribution in [0.25, 0.3) is 0 Å².